The van der Waals surface area contributed by atoms with Gasteiger partial charge in [-0.15, -0.1) is 0 Å². The van der Waals surface area contributed by atoms with Crippen LogP contribution in [0.4, 0.5) is 0 Å². The van der Waals surface area contributed by atoms with E-state index in [1.807, 2.05) is 42.6 Å². The predicted molar refractivity (Wildman–Crippen MR) is 116 cm³/mol. The third kappa shape index (κ3) is 3.63. The van der Waals surface area contributed by atoms with Gasteiger partial charge in [0, 0.05) is 50.3 Å². The largest absolute Gasteiger partial charge is 0.445 e. The van der Waals surface area contributed by atoms with Crippen LogP contribution in [0.5, 0.6) is 0 Å². The molecule has 3 aromatic heterocycles. The smallest absolute Gasteiger partial charge is 0.255 e. The van der Waals surface area contributed by atoms with Crippen molar-refractivity contribution in [3.63, 3.8) is 0 Å². The van der Waals surface area contributed by atoms with Crippen LogP contribution < -0.4 is 5.56 Å². The normalized spacial score (nSPS) is 13.4. The number of benzene rings is 1. The number of para-hydroxylation sites is 1. The average Bonchev–Trinajstić information content (AvgIpc) is 3.22. The van der Waals surface area contributed by atoms with Crippen molar-refractivity contribution in [2.24, 2.45) is 7.05 Å². The molecule has 7 nitrogen and oxygen atoms in total. The predicted octanol–water partition coefficient (Wildman–Crippen LogP) is 2.91. The van der Waals surface area contributed by atoms with Crippen LogP contribution >= 0.6 is 0 Å². The lowest BCUT2D eigenvalue weighted by molar-refractivity contribution is 0.0729. The topological polar surface area (TPSA) is 81.2 Å². The molecular weight excluding hydrogens is 392 g/mol. The Morgan fingerprint density at radius 2 is 2.03 bits per heavy atom. The summed E-state index contributed by atoms with van der Waals surface area (Å²) >= 11 is 0. The van der Waals surface area contributed by atoms with Crippen LogP contribution in [0.3, 0.4) is 0 Å². The molecule has 1 aliphatic heterocycles. The highest BCUT2D eigenvalue weighted by molar-refractivity contribution is 6.06. The Morgan fingerprint density at radius 3 is 2.87 bits per heavy atom. The zero-order valence-corrected chi connectivity index (χ0v) is 17.2. The Bertz CT molecular complexity index is 1320. The van der Waals surface area contributed by atoms with E-state index < -0.39 is 0 Å². The molecule has 1 amide bonds. The fourth-order valence-corrected chi connectivity index (χ4v) is 4.09. The first-order valence-corrected chi connectivity index (χ1v) is 10.3. The molecule has 5 rings (SSSR count). The van der Waals surface area contributed by atoms with Gasteiger partial charge in [0.1, 0.15) is 11.5 Å². The van der Waals surface area contributed by atoms with Gasteiger partial charge in [-0.1, -0.05) is 24.3 Å². The number of pyridine rings is 2. The van der Waals surface area contributed by atoms with E-state index in [0.717, 1.165) is 34.3 Å². The van der Waals surface area contributed by atoms with Gasteiger partial charge in [0.05, 0.1) is 17.6 Å². The number of fused-ring (bicyclic) bond motifs is 2. The van der Waals surface area contributed by atoms with Gasteiger partial charge in [0.2, 0.25) is 0 Å². The molecule has 0 radical (unpaired) electrons. The van der Waals surface area contributed by atoms with E-state index in [-0.39, 0.29) is 11.5 Å². The molecule has 0 aliphatic carbocycles. The second kappa shape index (κ2) is 7.83. The average molecular weight is 414 g/mol. The molecule has 0 fully saturated rings. The summed E-state index contributed by atoms with van der Waals surface area (Å²) in [7, 11) is 1.72. The molecule has 0 N–H and O–H groups in total. The van der Waals surface area contributed by atoms with Crippen molar-refractivity contribution in [1.82, 2.24) is 19.4 Å². The highest BCUT2D eigenvalue weighted by Gasteiger charge is 2.27. The van der Waals surface area contributed by atoms with Crippen molar-refractivity contribution in [2.45, 2.75) is 25.8 Å². The Labute approximate surface area is 179 Å². The highest BCUT2D eigenvalue weighted by Crippen LogP contribution is 2.24. The minimum Gasteiger partial charge on any atom is -0.445 e. The van der Waals surface area contributed by atoms with Crippen molar-refractivity contribution in [3.05, 3.63) is 93.7 Å². The first-order valence-electron chi connectivity index (χ1n) is 10.3. The molecule has 1 aromatic carbocycles. The number of amides is 1. The van der Waals surface area contributed by atoms with E-state index in [9.17, 15) is 9.59 Å². The lowest BCUT2D eigenvalue weighted by atomic mass is 10.1. The Balaban J connectivity index is 1.37. The summed E-state index contributed by atoms with van der Waals surface area (Å²) in [6.07, 6.45) is 5.70. The summed E-state index contributed by atoms with van der Waals surface area (Å²) < 4.78 is 7.51. The molecule has 0 atom stereocenters. The van der Waals surface area contributed by atoms with Crippen molar-refractivity contribution in [2.75, 3.05) is 6.54 Å². The number of aromatic nitrogens is 3. The zero-order chi connectivity index (χ0) is 21.4. The number of hydrogen-bond acceptors (Lipinski definition) is 5. The standard InChI is InChI=1S/C24H22N4O3/c1-27-20-7-3-2-6-17(20)18(13-23(27)29)24(30)28-12-10-21-19(15-28)26-22(31-21)9-8-16-5-4-11-25-14-16/h2-7,11,13-14H,8-10,12,15H2,1H3. The number of carbonyl (C=O) groups excluding carboxylic acids is 1. The van der Waals surface area contributed by atoms with Gasteiger partial charge in [-0.05, 0) is 24.1 Å². The minimum absolute atomic E-state index is 0.153. The summed E-state index contributed by atoms with van der Waals surface area (Å²) in [5.74, 6) is 1.38. The number of hydrogen-bond donors (Lipinski definition) is 0. The third-order valence-electron chi connectivity index (χ3n) is 5.79. The van der Waals surface area contributed by atoms with Gasteiger partial charge in [-0.3, -0.25) is 14.6 Å². The van der Waals surface area contributed by atoms with Crippen molar-refractivity contribution >= 4 is 16.8 Å². The molecule has 1 aliphatic rings. The molecule has 4 heterocycles. The van der Waals surface area contributed by atoms with Crippen molar-refractivity contribution < 1.29 is 9.21 Å². The molecule has 0 saturated carbocycles. The molecule has 4 aromatic rings. The minimum atomic E-state index is -0.195. The number of oxazole rings is 1. The Hall–Kier alpha value is -3.74. The highest BCUT2D eigenvalue weighted by atomic mass is 16.4. The van der Waals surface area contributed by atoms with Crippen LogP contribution in [-0.4, -0.2) is 31.9 Å². The molecule has 0 saturated heterocycles. The SMILES string of the molecule is Cn1c(=O)cc(C(=O)N2CCc3oc(CCc4cccnc4)nc3C2)c2ccccc21. The maximum atomic E-state index is 13.3. The van der Waals surface area contributed by atoms with Gasteiger partial charge >= 0.3 is 0 Å². The number of aryl methyl sites for hydroxylation is 3. The quantitative estimate of drug-likeness (QED) is 0.513. The van der Waals surface area contributed by atoms with E-state index in [2.05, 4.69) is 9.97 Å². The van der Waals surface area contributed by atoms with Crippen LogP contribution in [0.1, 0.15) is 33.3 Å². The van der Waals surface area contributed by atoms with Gasteiger partial charge in [0.15, 0.2) is 5.89 Å². The second-order valence-corrected chi connectivity index (χ2v) is 7.79. The summed E-state index contributed by atoms with van der Waals surface area (Å²) in [4.78, 5) is 36.2. The van der Waals surface area contributed by atoms with Crippen molar-refractivity contribution in [3.8, 4) is 0 Å². The van der Waals surface area contributed by atoms with Crippen LogP contribution in [-0.2, 0) is 32.9 Å². The van der Waals surface area contributed by atoms with E-state index >= 15 is 0 Å². The first-order chi connectivity index (χ1) is 15.1. The second-order valence-electron chi connectivity index (χ2n) is 7.79. The fraction of sp³-hybridized carbons (Fsp3) is 0.250. The van der Waals surface area contributed by atoms with Crippen LogP contribution in [0, 0.1) is 0 Å². The number of nitrogens with zero attached hydrogens (tertiary/aromatic N) is 4. The monoisotopic (exact) mass is 414 g/mol. The molecule has 31 heavy (non-hydrogen) atoms. The molecular formula is C24H22N4O3. The van der Waals surface area contributed by atoms with Gasteiger partial charge in [-0.25, -0.2) is 4.98 Å². The summed E-state index contributed by atoms with van der Waals surface area (Å²) in [6, 6.07) is 12.9. The third-order valence-corrected chi connectivity index (χ3v) is 5.79. The van der Waals surface area contributed by atoms with Crippen LogP contribution in [0.2, 0.25) is 0 Å². The van der Waals surface area contributed by atoms with E-state index in [1.54, 1.807) is 22.7 Å². The summed E-state index contributed by atoms with van der Waals surface area (Å²) in [5, 5.41) is 0.776. The number of carbonyl (C=O) groups is 1. The first kappa shape index (κ1) is 19.2. The van der Waals surface area contributed by atoms with E-state index in [1.165, 1.54) is 6.07 Å². The lowest BCUT2D eigenvalue weighted by Gasteiger charge is -2.26. The fourth-order valence-electron chi connectivity index (χ4n) is 4.09. The van der Waals surface area contributed by atoms with Crippen molar-refractivity contribution in [1.29, 1.82) is 0 Å². The molecule has 7 heteroatoms. The Morgan fingerprint density at radius 1 is 1.16 bits per heavy atom. The summed E-state index contributed by atoms with van der Waals surface area (Å²) in [5.41, 5.74) is 2.92. The number of rotatable bonds is 4. The molecule has 0 spiro atoms. The van der Waals surface area contributed by atoms with Crippen LogP contribution in [0.25, 0.3) is 10.9 Å². The Kier molecular flexibility index (Phi) is 4.86. The van der Waals surface area contributed by atoms with Crippen LogP contribution in [0.15, 0.2) is 64.1 Å². The zero-order valence-electron chi connectivity index (χ0n) is 17.2. The molecule has 0 bridgehead atoms. The van der Waals surface area contributed by atoms with E-state index in [4.69, 9.17) is 4.42 Å². The molecule has 156 valence electrons. The van der Waals surface area contributed by atoms with Gasteiger partial charge in [0.25, 0.3) is 11.5 Å². The maximum absolute atomic E-state index is 13.3. The van der Waals surface area contributed by atoms with Gasteiger partial charge < -0.3 is 13.9 Å². The van der Waals surface area contributed by atoms with E-state index in [0.29, 0.717) is 37.4 Å². The molecule has 0 unspecified atom stereocenters. The lowest BCUT2D eigenvalue weighted by Crippen LogP contribution is -2.36. The summed E-state index contributed by atoms with van der Waals surface area (Å²) in [6.45, 7) is 0.917. The maximum Gasteiger partial charge on any atom is 0.255 e. The van der Waals surface area contributed by atoms with Gasteiger partial charge in [-0.2, -0.15) is 0 Å².